The molecular weight excluding hydrogens is 419 g/mol. The highest BCUT2D eigenvalue weighted by Gasteiger charge is 2.32. The van der Waals surface area contributed by atoms with E-state index in [2.05, 4.69) is 9.97 Å². The molecule has 1 aliphatic rings. The largest absolute Gasteiger partial charge is 0.490 e. The zero-order valence-electron chi connectivity index (χ0n) is 16.5. The number of aromatic nitrogens is 2. The highest BCUT2D eigenvalue weighted by atomic mass is 19.4. The number of piperazine rings is 1. The Morgan fingerprint density at radius 1 is 1.26 bits per heavy atom. The molecule has 0 spiro atoms. The molecule has 2 N–H and O–H groups in total. The lowest BCUT2D eigenvalue weighted by Crippen LogP contribution is -2.51. The molecular formula is C19H20F3N5O4. The van der Waals surface area contributed by atoms with Gasteiger partial charge >= 0.3 is 12.3 Å². The van der Waals surface area contributed by atoms with Crippen LogP contribution in [0.25, 0.3) is 0 Å². The van der Waals surface area contributed by atoms with Crippen molar-refractivity contribution in [2.75, 3.05) is 36.0 Å². The molecule has 1 aromatic carbocycles. The van der Waals surface area contributed by atoms with Crippen LogP contribution in [0.15, 0.2) is 36.7 Å². The van der Waals surface area contributed by atoms with Gasteiger partial charge in [0.15, 0.2) is 0 Å². The standard InChI is InChI=1S/C19H20F3N5O4/c1-12(31-17(23)29)11-30-15-4-2-3-14(7-15)27-6-5-26(10-16(27)28)18-24-8-13(9-25-18)19(20,21)22/h2-4,7-9,12H,5-6,10-11H2,1H3,(H2,23,29)/t12-/m0/s1. The normalized spacial score (nSPS) is 15.5. The van der Waals surface area contributed by atoms with E-state index in [0.717, 1.165) is 0 Å². The number of rotatable bonds is 6. The Morgan fingerprint density at radius 3 is 2.58 bits per heavy atom. The van der Waals surface area contributed by atoms with Crippen LogP contribution >= 0.6 is 0 Å². The predicted molar refractivity (Wildman–Crippen MR) is 104 cm³/mol. The van der Waals surface area contributed by atoms with Crippen molar-refractivity contribution in [3.63, 3.8) is 0 Å². The maximum Gasteiger partial charge on any atom is 0.419 e. The van der Waals surface area contributed by atoms with Crippen LogP contribution in [0.1, 0.15) is 12.5 Å². The Labute approximate surface area is 175 Å². The van der Waals surface area contributed by atoms with Gasteiger partial charge in [-0.3, -0.25) is 4.79 Å². The van der Waals surface area contributed by atoms with E-state index in [-0.39, 0.29) is 31.6 Å². The summed E-state index contributed by atoms with van der Waals surface area (Å²) >= 11 is 0. The minimum absolute atomic E-state index is 0.0570. The average molecular weight is 439 g/mol. The van der Waals surface area contributed by atoms with Crippen LogP contribution in [0.2, 0.25) is 0 Å². The molecule has 0 aliphatic carbocycles. The molecule has 1 fully saturated rings. The number of nitrogens with two attached hydrogens (primary N) is 1. The van der Waals surface area contributed by atoms with Gasteiger partial charge in [-0.1, -0.05) is 6.07 Å². The summed E-state index contributed by atoms with van der Waals surface area (Å²) in [7, 11) is 0. The zero-order valence-corrected chi connectivity index (χ0v) is 16.5. The van der Waals surface area contributed by atoms with Crippen molar-refractivity contribution < 1.29 is 32.2 Å². The molecule has 12 heteroatoms. The van der Waals surface area contributed by atoms with E-state index >= 15 is 0 Å². The lowest BCUT2D eigenvalue weighted by molar-refractivity contribution is -0.138. The van der Waals surface area contributed by atoms with Crippen LogP contribution in [0.3, 0.4) is 0 Å². The van der Waals surface area contributed by atoms with Gasteiger partial charge in [-0.25, -0.2) is 14.8 Å². The Balaban J connectivity index is 1.62. The van der Waals surface area contributed by atoms with Crippen molar-refractivity contribution >= 4 is 23.6 Å². The Morgan fingerprint density at radius 2 is 1.97 bits per heavy atom. The number of benzene rings is 1. The highest BCUT2D eigenvalue weighted by Crippen LogP contribution is 2.29. The first-order chi connectivity index (χ1) is 14.6. The average Bonchev–Trinajstić information content (AvgIpc) is 2.71. The molecule has 2 aromatic rings. The second-order valence-electron chi connectivity index (χ2n) is 6.79. The van der Waals surface area contributed by atoms with E-state index in [1.165, 1.54) is 9.80 Å². The fourth-order valence-corrected chi connectivity index (χ4v) is 2.93. The Hall–Kier alpha value is -3.57. The SMILES string of the molecule is C[C@@H](COc1cccc(N2CCN(c3ncc(C(F)(F)F)cn3)CC2=O)c1)OC(N)=O. The first-order valence-corrected chi connectivity index (χ1v) is 9.27. The fraction of sp³-hybridized carbons (Fsp3) is 0.368. The van der Waals surface area contributed by atoms with E-state index in [9.17, 15) is 22.8 Å². The van der Waals surface area contributed by atoms with E-state index < -0.39 is 23.9 Å². The van der Waals surface area contributed by atoms with E-state index in [1.54, 1.807) is 31.2 Å². The number of alkyl halides is 3. The smallest absolute Gasteiger partial charge is 0.419 e. The highest BCUT2D eigenvalue weighted by molar-refractivity contribution is 5.97. The van der Waals surface area contributed by atoms with Crippen molar-refractivity contribution in [1.29, 1.82) is 0 Å². The second-order valence-corrected chi connectivity index (χ2v) is 6.79. The van der Waals surface area contributed by atoms with Gasteiger partial charge in [0, 0.05) is 37.2 Å². The summed E-state index contributed by atoms with van der Waals surface area (Å²) < 4.78 is 48.3. The number of carbonyl (C=O) groups excluding carboxylic acids is 2. The lowest BCUT2D eigenvalue weighted by Gasteiger charge is -2.34. The molecule has 1 atom stereocenters. The van der Waals surface area contributed by atoms with Crippen LogP contribution in [0, 0.1) is 0 Å². The molecule has 3 rings (SSSR count). The van der Waals surface area contributed by atoms with Crippen molar-refractivity contribution in [2.24, 2.45) is 5.73 Å². The molecule has 9 nitrogen and oxygen atoms in total. The van der Waals surface area contributed by atoms with Gasteiger partial charge in [-0.05, 0) is 19.1 Å². The molecule has 166 valence electrons. The second kappa shape index (κ2) is 9.06. The topological polar surface area (TPSA) is 111 Å². The van der Waals surface area contributed by atoms with Crippen LogP contribution in [-0.2, 0) is 15.7 Å². The number of anilines is 2. The Kier molecular flexibility index (Phi) is 6.47. The lowest BCUT2D eigenvalue weighted by atomic mass is 10.2. The number of amides is 2. The third-order valence-electron chi connectivity index (χ3n) is 4.40. The van der Waals surface area contributed by atoms with Gasteiger partial charge < -0.3 is 25.0 Å². The molecule has 31 heavy (non-hydrogen) atoms. The van der Waals surface area contributed by atoms with Crippen LogP contribution in [0.4, 0.5) is 29.6 Å². The molecule has 1 saturated heterocycles. The number of hydrogen-bond donors (Lipinski definition) is 1. The van der Waals surface area contributed by atoms with Crippen LogP contribution in [0.5, 0.6) is 5.75 Å². The van der Waals surface area contributed by atoms with Gasteiger partial charge in [0.05, 0.1) is 5.56 Å². The quantitative estimate of drug-likeness (QED) is 0.735. The van der Waals surface area contributed by atoms with Crippen molar-refractivity contribution in [1.82, 2.24) is 9.97 Å². The van der Waals surface area contributed by atoms with Crippen LogP contribution in [-0.4, -0.2) is 54.3 Å². The molecule has 1 aliphatic heterocycles. The van der Waals surface area contributed by atoms with Crippen molar-refractivity contribution in [3.8, 4) is 5.75 Å². The summed E-state index contributed by atoms with van der Waals surface area (Å²) in [4.78, 5) is 33.9. The molecule has 0 radical (unpaired) electrons. The monoisotopic (exact) mass is 439 g/mol. The summed E-state index contributed by atoms with van der Waals surface area (Å²) in [5.74, 6) is 0.262. The zero-order chi connectivity index (χ0) is 22.6. The summed E-state index contributed by atoms with van der Waals surface area (Å²) in [6, 6.07) is 6.80. The number of primary amides is 1. The van der Waals surface area contributed by atoms with Gasteiger partial charge in [-0.15, -0.1) is 0 Å². The minimum atomic E-state index is -4.52. The summed E-state index contributed by atoms with van der Waals surface area (Å²) in [5.41, 5.74) is 4.60. The summed E-state index contributed by atoms with van der Waals surface area (Å²) in [5, 5.41) is 0. The number of halogens is 3. The first kappa shape index (κ1) is 22.1. The number of hydrogen-bond acceptors (Lipinski definition) is 7. The van der Waals surface area contributed by atoms with E-state index in [4.69, 9.17) is 15.2 Å². The van der Waals surface area contributed by atoms with Crippen molar-refractivity contribution in [3.05, 3.63) is 42.2 Å². The molecule has 1 aromatic heterocycles. The molecule has 2 amide bonds. The summed E-state index contributed by atoms with van der Waals surface area (Å²) in [6.45, 7) is 2.25. The molecule has 2 heterocycles. The molecule has 0 saturated carbocycles. The third-order valence-corrected chi connectivity index (χ3v) is 4.40. The number of ether oxygens (including phenoxy) is 2. The molecule has 0 unspecified atom stereocenters. The van der Waals surface area contributed by atoms with Gasteiger partial charge in [0.25, 0.3) is 0 Å². The maximum atomic E-state index is 12.7. The fourth-order valence-electron chi connectivity index (χ4n) is 2.93. The van der Waals surface area contributed by atoms with E-state index in [0.29, 0.717) is 30.4 Å². The Bertz CT molecular complexity index is 939. The van der Waals surface area contributed by atoms with Crippen LogP contribution < -0.4 is 20.3 Å². The number of carbonyl (C=O) groups is 2. The maximum absolute atomic E-state index is 12.7. The first-order valence-electron chi connectivity index (χ1n) is 9.27. The summed E-state index contributed by atoms with van der Waals surface area (Å²) in [6.07, 6.45) is -4.57. The minimum Gasteiger partial charge on any atom is -0.490 e. The van der Waals surface area contributed by atoms with E-state index in [1.807, 2.05) is 0 Å². The number of nitrogens with zero attached hydrogens (tertiary/aromatic N) is 4. The molecule has 0 bridgehead atoms. The predicted octanol–water partition coefficient (Wildman–Crippen LogP) is 2.21. The third kappa shape index (κ3) is 5.74. The van der Waals surface area contributed by atoms with Gasteiger partial charge in [0.2, 0.25) is 11.9 Å². The van der Waals surface area contributed by atoms with Gasteiger partial charge in [0.1, 0.15) is 25.0 Å². The van der Waals surface area contributed by atoms with Gasteiger partial charge in [-0.2, -0.15) is 13.2 Å². The van der Waals surface area contributed by atoms with Crippen molar-refractivity contribution in [2.45, 2.75) is 19.2 Å².